The van der Waals surface area contributed by atoms with Crippen molar-refractivity contribution in [2.75, 3.05) is 19.6 Å². The maximum absolute atomic E-state index is 5.91. The van der Waals surface area contributed by atoms with Gasteiger partial charge in [0.05, 0.1) is 0 Å². The third kappa shape index (κ3) is 4.97. The van der Waals surface area contributed by atoms with Crippen molar-refractivity contribution in [2.45, 2.75) is 32.6 Å². The molecule has 0 bridgehead atoms. The summed E-state index contributed by atoms with van der Waals surface area (Å²) in [7, 11) is 0. The van der Waals surface area contributed by atoms with Gasteiger partial charge in [0.1, 0.15) is 0 Å². The molecule has 0 saturated carbocycles. The zero-order valence-electron chi connectivity index (χ0n) is 11.7. The van der Waals surface area contributed by atoms with Gasteiger partial charge in [-0.1, -0.05) is 44.5 Å². The number of hydrogen-bond acceptors (Lipinski definition) is 2. The smallest absolute Gasteiger partial charge is 0.0406 e. The van der Waals surface area contributed by atoms with Gasteiger partial charge in [-0.15, -0.1) is 0 Å². The van der Waals surface area contributed by atoms with E-state index in [1.807, 2.05) is 12.1 Å². The van der Waals surface area contributed by atoms with Crippen molar-refractivity contribution >= 4 is 11.6 Å². The molecule has 0 radical (unpaired) electrons. The molecule has 18 heavy (non-hydrogen) atoms. The van der Waals surface area contributed by atoms with Crippen LogP contribution in [0.2, 0.25) is 5.02 Å². The number of rotatable bonds is 7. The zero-order chi connectivity index (χ0) is 13.6. The van der Waals surface area contributed by atoms with Crippen LogP contribution in [0.15, 0.2) is 24.3 Å². The number of nitrogens with one attached hydrogen (secondary N) is 1. The number of nitrogens with two attached hydrogens (primary N) is 1. The van der Waals surface area contributed by atoms with Gasteiger partial charge < -0.3 is 11.1 Å². The lowest BCUT2D eigenvalue weighted by Crippen LogP contribution is -2.34. The molecule has 1 atom stereocenters. The first-order valence-electron chi connectivity index (χ1n) is 6.62. The highest BCUT2D eigenvalue weighted by Gasteiger charge is 2.19. The lowest BCUT2D eigenvalue weighted by atomic mass is 9.84. The van der Waals surface area contributed by atoms with Crippen LogP contribution >= 0.6 is 11.6 Å². The zero-order valence-corrected chi connectivity index (χ0v) is 12.4. The largest absolute Gasteiger partial charge is 0.330 e. The van der Waals surface area contributed by atoms with E-state index >= 15 is 0 Å². The molecule has 3 heteroatoms. The van der Waals surface area contributed by atoms with E-state index in [1.54, 1.807) is 0 Å². The van der Waals surface area contributed by atoms with Gasteiger partial charge in [0.2, 0.25) is 0 Å². The van der Waals surface area contributed by atoms with E-state index in [9.17, 15) is 0 Å². The van der Waals surface area contributed by atoms with Crippen molar-refractivity contribution in [1.82, 2.24) is 5.32 Å². The fraction of sp³-hybridized carbons (Fsp3) is 0.600. The van der Waals surface area contributed by atoms with Crippen LogP contribution in [0, 0.1) is 5.92 Å². The molecule has 0 saturated heterocycles. The normalized spacial score (nSPS) is 13.6. The van der Waals surface area contributed by atoms with Crippen LogP contribution in [0.3, 0.4) is 0 Å². The summed E-state index contributed by atoms with van der Waals surface area (Å²) in [4.78, 5) is 0. The molecule has 1 unspecified atom stereocenters. The lowest BCUT2D eigenvalue weighted by molar-refractivity contribution is 0.441. The van der Waals surface area contributed by atoms with E-state index in [0.717, 1.165) is 31.1 Å². The summed E-state index contributed by atoms with van der Waals surface area (Å²) >= 11 is 5.91. The highest BCUT2D eigenvalue weighted by molar-refractivity contribution is 6.30. The Hall–Kier alpha value is -0.570. The Bertz CT molecular complexity index is 346. The van der Waals surface area contributed by atoms with Gasteiger partial charge in [-0.3, -0.25) is 0 Å². The van der Waals surface area contributed by atoms with E-state index in [0.29, 0.717) is 5.92 Å². The maximum atomic E-state index is 5.91. The average Bonchev–Trinajstić information content (AvgIpc) is 2.35. The molecule has 0 fully saturated rings. The Morgan fingerprint density at radius 1 is 1.28 bits per heavy atom. The number of halogens is 1. The summed E-state index contributed by atoms with van der Waals surface area (Å²) in [5.41, 5.74) is 7.04. The van der Waals surface area contributed by atoms with Gasteiger partial charge in [0, 0.05) is 17.0 Å². The Labute approximate surface area is 116 Å². The monoisotopic (exact) mass is 268 g/mol. The average molecular weight is 269 g/mol. The SMILES string of the molecule is CC(CN)CCNCC(C)(C)c1ccc(Cl)cc1. The van der Waals surface area contributed by atoms with Gasteiger partial charge >= 0.3 is 0 Å². The number of benzene rings is 1. The Morgan fingerprint density at radius 2 is 1.89 bits per heavy atom. The highest BCUT2D eigenvalue weighted by atomic mass is 35.5. The van der Waals surface area contributed by atoms with Gasteiger partial charge in [-0.25, -0.2) is 0 Å². The second kappa shape index (κ2) is 7.13. The van der Waals surface area contributed by atoms with Gasteiger partial charge in [0.25, 0.3) is 0 Å². The quantitative estimate of drug-likeness (QED) is 0.746. The third-order valence-corrected chi connectivity index (χ3v) is 3.66. The van der Waals surface area contributed by atoms with Crippen molar-refractivity contribution in [3.63, 3.8) is 0 Å². The minimum Gasteiger partial charge on any atom is -0.330 e. The Morgan fingerprint density at radius 3 is 2.44 bits per heavy atom. The van der Waals surface area contributed by atoms with Crippen LogP contribution in [0.4, 0.5) is 0 Å². The van der Waals surface area contributed by atoms with E-state index in [4.69, 9.17) is 17.3 Å². The molecule has 0 aliphatic carbocycles. The molecule has 102 valence electrons. The summed E-state index contributed by atoms with van der Waals surface area (Å²) < 4.78 is 0. The molecule has 2 nitrogen and oxygen atoms in total. The second-order valence-corrected chi connectivity index (χ2v) is 6.13. The fourth-order valence-corrected chi connectivity index (χ4v) is 2.00. The van der Waals surface area contributed by atoms with Gasteiger partial charge in [-0.2, -0.15) is 0 Å². The molecule has 1 rings (SSSR count). The topological polar surface area (TPSA) is 38.0 Å². The van der Waals surface area contributed by atoms with Crippen LogP contribution in [-0.2, 0) is 5.41 Å². The summed E-state index contributed by atoms with van der Waals surface area (Å²) in [5.74, 6) is 0.594. The van der Waals surface area contributed by atoms with Gasteiger partial charge in [0.15, 0.2) is 0 Å². The molecule has 0 heterocycles. The van der Waals surface area contributed by atoms with Crippen molar-refractivity contribution < 1.29 is 0 Å². The molecular weight excluding hydrogens is 244 g/mol. The minimum absolute atomic E-state index is 0.122. The molecule has 0 amide bonds. The standard InChI is InChI=1S/C15H25ClN2/c1-12(10-17)8-9-18-11-15(2,3)13-4-6-14(16)7-5-13/h4-7,12,18H,8-11,17H2,1-3H3. The van der Waals surface area contributed by atoms with E-state index in [2.05, 4.69) is 38.2 Å². The maximum Gasteiger partial charge on any atom is 0.0406 e. The third-order valence-electron chi connectivity index (χ3n) is 3.41. The van der Waals surface area contributed by atoms with Crippen LogP contribution in [0.1, 0.15) is 32.8 Å². The highest BCUT2D eigenvalue weighted by Crippen LogP contribution is 2.23. The molecule has 0 aliphatic rings. The number of hydrogen-bond donors (Lipinski definition) is 2. The fourth-order valence-electron chi connectivity index (χ4n) is 1.87. The molecular formula is C15H25ClN2. The van der Waals surface area contributed by atoms with Gasteiger partial charge in [-0.05, 0) is 43.1 Å². The predicted molar refractivity (Wildman–Crippen MR) is 80.2 cm³/mol. The molecule has 3 N–H and O–H groups in total. The van der Waals surface area contributed by atoms with Crippen molar-refractivity contribution in [1.29, 1.82) is 0 Å². The Kier molecular flexibility index (Phi) is 6.13. The van der Waals surface area contributed by atoms with Crippen LogP contribution < -0.4 is 11.1 Å². The van der Waals surface area contributed by atoms with E-state index in [1.165, 1.54) is 5.56 Å². The Balaban J connectivity index is 2.42. The first-order chi connectivity index (χ1) is 8.45. The minimum atomic E-state index is 0.122. The van der Waals surface area contributed by atoms with Crippen molar-refractivity contribution in [2.24, 2.45) is 11.7 Å². The molecule has 0 aromatic heterocycles. The lowest BCUT2D eigenvalue weighted by Gasteiger charge is -2.26. The summed E-state index contributed by atoms with van der Waals surface area (Å²) in [6.45, 7) is 9.43. The summed E-state index contributed by atoms with van der Waals surface area (Å²) in [5, 5.41) is 4.31. The van der Waals surface area contributed by atoms with Crippen molar-refractivity contribution in [3.05, 3.63) is 34.9 Å². The van der Waals surface area contributed by atoms with Crippen LogP contribution in [0.5, 0.6) is 0 Å². The first-order valence-corrected chi connectivity index (χ1v) is 7.00. The second-order valence-electron chi connectivity index (χ2n) is 5.70. The molecule has 0 spiro atoms. The van der Waals surface area contributed by atoms with Crippen molar-refractivity contribution in [3.8, 4) is 0 Å². The van der Waals surface area contributed by atoms with Crippen LogP contribution in [-0.4, -0.2) is 19.6 Å². The summed E-state index contributed by atoms with van der Waals surface area (Å²) in [6, 6.07) is 8.11. The molecule has 1 aromatic carbocycles. The molecule has 0 aliphatic heterocycles. The molecule has 1 aromatic rings. The first kappa shape index (κ1) is 15.5. The summed E-state index contributed by atoms with van der Waals surface area (Å²) in [6.07, 6.45) is 1.13. The van der Waals surface area contributed by atoms with E-state index < -0.39 is 0 Å². The van der Waals surface area contributed by atoms with Crippen LogP contribution in [0.25, 0.3) is 0 Å². The predicted octanol–water partition coefficient (Wildman–Crippen LogP) is 3.19. The van der Waals surface area contributed by atoms with E-state index in [-0.39, 0.29) is 5.41 Å².